The molecule has 112 valence electrons. The van der Waals surface area contributed by atoms with Crippen LogP contribution < -0.4 is 4.74 Å². The molecule has 0 atom stereocenters. The van der Waals surface area contributed by atoms with Gasteiger partial charge in [-0.25, -0.2) is 8.78 Å². The smallest absolute Gasteiger partial charge is 0.405 e. The lowest BCUT2D eigenvalue weighted by atomic mass is 10.1. The lowest BCUT2D eigenvalue weighted by Gasteiger charge is -2.12. The zero-order valence-corrected chi connectivity index (χ0v) is 10.1. The zero-order valence-electron chi connectivity index (χ0n) is 10.1. The molecular weight excluding hydrogens is 287 g/mol. The van der Waals surface area contributed by atoms with Crippen LogP contribution in [-0.2, 0) is 4.74 Å². The maximum atomic E-state index is 12.1. The molecule has 0 saturated carbocycles. The van der Waals surface area contributed by atoms with E-state index in [0.717, 1.165) is 12.1 Å². The molecular formula is C12H11F5O3. The van der Waals surface area contributed by atoms with E-state index in [1.54, 1.807) is 0 Å². The van der Waals surface area contributed by atoms with Gasteiger partial charge in [-0.2, -0.15) is 0 Å². The van der Waals surface area contributed by atoms with Crippen molar-refractivity contribution in [2.45, 2.75) is 19.2 Å². The third kappa shape index (κ3) is 5.96. The van der Waals surface area contributed by atoms with Crippen LogP contribution in [0.2, 0.25) is 0 Å². The minimum Gasteiger partial charge on any atom is -0.405 e. The lowest BCUT2D eigenvalue weighted by Crippen LogP contribution is -2.19. The van der Waals surface area contributed by atoms with Crippen molar-refractivity contribution in [1.29, 1.82) is 0 Å². The van der Waals surface area contributed by atoms with Crippen LogP contribution in [0, 0.1) is 0 Å². The fourth-order valence-electron chi connectivity index (χ4n) is 1.38. The molecule has 0 spiro atoms. The summed E-state index contributed by atoms with van der Waals surface area (Å²) in [5, 5.41) is 0. The highest BCUT2D eigenvalue weighted by Gasteiger charge is 2.32. The number of rotatable bonds is 7. The Hall–Kier alpha value is -1.70. The molecule has 20 heavy (non-hydrogen) atoms. The van der Waals surface area contributed by atoms with Crippen molar-refractivity contribution in [3.05, 3.63) is 29.8 Å². The van der Waals surface area contributed by atoms with Crippen molar-refractivity contribution in [2.24, 2.45) is 0 Å². The number of para-hydroxylation sites is 1. The summed E-state index contributed by atoms with van der Waals surface area (Å²) < 4.78 is 68.2. The number of hydrogen-bond donors (Lipinski definition) is 0. The summed E-state index contributed by atoms with van der Waals surface area (Å²) in [6.45, 7) is -1.13. The van der Waals surface area contributed by atoms with Gasteiger partial charge >= 0.3 is 6.36 Å². The van der Waals surface area contributed by atoms with E-state index >= 15 is 0 Å². The first-order valence-corrected chi connectivity index (χ1v) is 5.53. The van der Waals surface area contributed by atoms with Gasteiger partial charge in [-0.15, -0.1) is 13.2 Å². The summed E-state index contributed by atoms with van der Waals surface area (Å²) in [5.41, 5.74) is -0.273. The average Bonchev–Trinajstić information content (AvgIpc) is 2.33. The maximum absolute atomic E-state index is 12.1. The summed E-state index contributed by atoms with van der Waals surface area (Å²) in [5.74, 6) is -1.31. The highest BCUT2D eigenvalue weighted by atomic mass is 19.4. The summed E-state index contributed by atoms with van der Waals surface area (Å²) in [7, 11) is 0. The van der Waals surface area contributed by atoms with Gasteiger partial charge in [0.05, 0.1) is 12.2 Å². The Morgan fingerprint density at radius 3 is 2.45 bits per heavy atom. The molecule has 0 aliphatic carbocycles. The Balaban J connectivity index is 2.63. The van der Waals surface area contributed by atoms with Gasteiger partial charge in [-0.05, 0) is 12.1 Å². The molecule has 0 amide bonds. The van der Waals surface area contributed by atoms with Gasteiger partial charge in [-0.3, -0.25) is 4.79 Å². The number of alkyl halides is 5. The molecule has 0 fully saturated rings. The number of benzene rings is 1. The Morgan fingerprint density at radius 1 is 1.20 bits per heavy atom. The molecule has 0 aliphatic rings. The maximum Gasteiger partial charge on any atom is 0.573 e. The minimum atomic E-state index is -4.91. The van der Waals surface area contributed by atoms with E-state index in [2.05, 4.69) is 9.47 Å². The molecule has 0 N–H and O–H groups in total. The fraction of sp³-hybridized carbons (Fsp3) is 0.417. The van der Waals surface area contributed by atoms with E-state index in [9.17, 15) is 26.7 Å². The number of ether oxygens (including phenoxy) is 2. The van der Waals surface area contributed by atoms with Crippen LogP contribution in [0.1, 0.15) is 16.8 Å². The first-order chi connectivity index (χ1) is 9.29. The summed E-state index contributed by atoms with van der Waals surface area (Å²) in [6.07, 6.45) is -7.89. The van der Waals surface area contributed by atoms with Crippen LogP contribution >= 0.6 is 0 Å². The topological polar surface area (TPSA) is 35.5 Å². The molecule has 1 aromatic rings. The first-order valence-electron chi connectivity index (χ1n) is 5.53. The second-order valence-corrected chi connectivity index (χ2v) is 3.68. The number of carbonyl (C=O) groups is 1. The van der Waals surface area contributed by atoms with Crippen LogP contribution in [0.5, 0.6) is 5.75 Å². The fourth-order valence-corrected chi connectivity index (χ4v) is 1.38. The van der Waals surface area contributed by atoms with Crippen molar-refractivity contribution in [3.8, 4) is 5.75 Å². The quantitative estimate of drug-likeness (QED) is 0.439. The highest BCUT2D eigenvalue weighted by molar-refractivity contribution is 5.98. The Morgan fingerprint density at radius 2 is 1.85 bits per heavy atom. The zero-order chi connectivity index (χ0) is 15.2. The standard InChI is InChI=1S/C12H11F5O3/c13-11(14)7-19-6-5-9(18)8-3-1-2-4-10(8)20-12(15,16)17/h1-4,11H,5-7H2. The molecule has 1 aromatic carbocycles. The monoisotopic (exact) mass is 298 g/mol. The molecule has 3 nitrogen and oxygen atoms in total. The number of halogens is 5. The predicted molar refractivity (Wildman–Crippen MR) is 58.9 cm³/mol. The van der Waals surface area contributed by atoms with E-state index in [-0.39, 0.29) is 18.6 Å². The second-order valence-electron chi connectivity index (χ2n) is 3.68. The highest BCUT2D eigenvalue weighted by Crippen LogP contribution is 2.26. The van der Waals surface area contributed by atoms with Crippen molar-refractivity contribution in [2.75, 3.05) is 13.2 Å². The van der Waals surface area contributed by atoms with Gasteiger partial charge in [0.15, 0.2) is 5.78 Å². The molecule has 0 aromatic heterocycles. The van der Waals surface area contributed by atoms with Crippen LogP contribution in [0.3, 0.4) is 0 Å². The molecule has 1 rings (SSSR count). The van der Waals surface area contributed by atoms with Crippen LogP contribution in [0.4, 0.5) is 22.0 Å². The summed E-state index contributed by atoms with van der Waals surface area (Å²) >= 11 is 0. The van der Waals surface area contributed by atoms with E-state index < -0.39 is 30.9 Å². The van der Waals surface area contributed by atoms with Gasteiger partial charge in [0.1, 0.15) is 12.4 Å². The summed E-state index contributed by atoms with van der Waals surface area (Å²) in [6, 6.07) is 4.82. The number of ketones is 1. The van der Waals surface area contributed by atoms with Gasteiger partial charge in [0.25, 0.3) is 6.43 Å². The van der Waals surface area contributed by atoms with E-state index in [1.165, 1.54) is 12.1 Å². The summed E-state index contributed by atoms with van der Waals surface area (Å²) in [4.78, 5) is 11.7. The number of hydrogen-bond acceptors (Lipinski definition) is 3. The molecule has 0 radical (unpaired) electrons. The average molecular weight is 298 g/mol. The third-order valence-electron chi connectivity index (χ3n) is 2.13. The van der Waals surface area contributed by atoms with Gasteiger partial charge < -0.3 is 9.47 Å². The normalized spacial score (nSPS) is 11.7. The molecule has 0 heterocycles. The van der Waals surface area contributed by atoms with Crippen molar-refractivity contribution >= 4 is 5.78 Å². The van der Waals surface area contributed by atoms with Crippen LogP contribution in [0.15, 0.2) is 24.3 Å². The van der Waals surface area contributed by atoms with E-state index in [4.69, 9.17) is 0 Å². The SMILES string of the molecule is O=C(CCOCC(F)F)c1ccccc1OC(F)(F)F. The molecule has 0 bridgehead atoms. The van der Waals surface area contributed by atoms with Crippen molar-refractivity contribution < 1.29 is 36.2 Å². The molecule has 0 aliphatic heterocycles. The van der Waals surface area contributed by atoms with Crippen LogP contribution in [-0.4, -0.2) is 31.8 Å². The Bertz CT molecular complexity index is 445. The molecule has 0 saturated heterocycles. The van der Waals surface area contributed by atoms with Crippen molar-refractivity contribution in [3.63, 3.8) is 0 Å². The number of Topliss-reactive ketones (excluding diaryl/α,β-unsaturated/α-hetero) is 1. The van der Waals surface area contributed by atoms with Gasteiger partial charge in [0.2, 0.25) is 0 Å². The van der Waals surface area contributed by atoms with E-state index in [1.807, 2.05) is 0 Å². The molecule has 8 heteroatoms. The van der Waals surface area contributed by atoms with Crippen molar-refractivity contribution in [1.82, 2.24) is 0 Å². The number of carbonyl (C=O) groups excluding carboxylic acids is 1. The van der Waals surface area contributed by atoms with E-state index in [0.29, 0.717) is 0 Å². The second kappa shape index (κ2) is 7.18. The van der Waals surface area contributed by atoms with Gasteiger partial charge in [-0.1, -0.05) is 12.1 Å². The molecule has 0 unspecified atom stereocenters. The Kier molecular flexibility index (Phi) is 5.87. The lowest BCUT2D eigenvalue weighted by molar-refractivity contribution is -0.274. The predicted octanol–water partition coefficient (Wildman–Crippen LogP) is 3.44. The largest absolute Gasteiger partial charge is 0.573 e. The third-order valence-corrected chi connectivity index (χ3v) is 2.13. The van der Waals surface area contributed by atoms with Gasteiger partial charge in [0, 0.05) is 6.42 Å². The minimum absolute atomic E-state index is 0.273. The first kappa shape index (κ1) is 16.4. The van der Waals surface area contributed by atoms with Crippen LogP contribution in [0.25, 0.3) is 0 Å². The Labute approximate surface area is 111 Å².